The Morgan fingerprint density at radius 1 is 1.25 bits per heavy atom. The number of benzene rings is 1. The van der Waals surface area contributed by atoms with Gasteiger partial charge in [-0.1, -0.05) is 38.1 Å². The molecule has 0 aliphatic rings. The molecular formula is C17H28N2O. The van der Waals surface area contributed by atoms with Gasteiger partial charge in [-0.3, -0.25) is 4.79 Å². The van der Waals surface area contributed by atoms with Crippen LogP contribution in [0, 0.1) is 12.3 Å². The molecule has 1 rings (SSSR count). The van der Waals surface area contributed by atoms with Crippen molar-refractivity contribution in [2.24, 2.45) is 11.1 Å². The lowest BCUT2D eigenvalue weighted by molar-refractivity contribution is -0.121. The molecule has 1 aromatic rings. The summed E-state index contributed by atoms with van der Waals surface area (Å²) in [7, 11) is 0. The van der Waals surface area contributed by atoms with Crippen LogP contribution in [0.5, 0.6) is 0 Å². The highest BCUT2D eigenvalue weighted by molar-refractivity contribution is 5.75. The summed E-state index contributed by atoms with van der Waals surface area (Å²) in [6, 6.07) is 8.30. The van der Waals surface area contributed by atoms with Crippen molar-refractivity contribution < 1.29 is 4.79 Å². The third kappa shape index (κ3) is 6.20. The van der Waals surface area contributed by atoms with E-state index in [1.54, 1.807) is 0 Å². The van der Waals surface area contributed by atoms with Gasteiger partial charge in [0.15, 0.2) is 0 Å². The van der Waals surface area contributed by atoms with Crippen molar-refractivity contribution in [1.29, 1.82) is 0 Å². The maximum Gasteiger partial charge on any atom is 0.220 e. The molecule has 0 fully saturated rings. The molecule has 0 radical (unpaired) electrons. The minimum Gasteiger partial charge on any atom is -0.356 e. The summed E-state index contributed by atoms with van der Waals surface area (Å²) in [4.78, 5) is 11.8. The molecule has 0 unspecified atom stereocenters. The first-order valence-corrected chi connectivity index (χ1v) is 7.46. The van der Waals surface area contributed by atoms with E-state index in [0.717, 1.165) is 19.3 Å². The summed E-state index contributed by atoms with van der Waals surface area (Å²) in [5, 5.41) is 3.00. The molecule has 0 atom stereocenters. The second-order valence-corrected chi connectivity index (χ2v) is 6.23. The zero-order valence-electron chi connectivity index (χ0n) is 13.0. The average molecular weight is 276 g/mol. The van der Waals surface area contributed by atoms with E-state index in [-0.39, 0.29) is 11.3 Å². The number of hydrogen-bond acceptors (Lipinski definition) is 2. The first-order chi connectivity index (χ1) is 9.44. The predicted octanol–water partition coefficient (Wildman–Crippen LogP) is 2.81. The molecular weight excluding hydrogens is 248 g/mol. The van der Waals surface area contributed by atoms with Crippen molar-refractivity contribution in [2.45, 2.75) is 46.5 Å². The van der Waals surface area contributed by atoms with Crippen LogP contribution in [0.25, 0.3) is 0 Å². The number of nitrogens with one attached hydrogen (secondary N) is 1. The third-order valence-electron chi connectivity index (χ3n) is 3.83. The standard InChI is InChI=1S/C17H28N2O/c1-14-6-4-5-7-15(14)9-13-19-16(20)8-10-17(2,3)11-12-18/h4-7H,8-13,18H2,1-3H3,(H,19,20). The fraction of sp³-hybridized carbons (Fsp3) is 0.588. The second kappa shape index (κ2) is 8.05. The zero-order valence-corrected chi connectivity index (χ0v) is 13.0. The number of hydrogen-bond donors (Lipinski definition) is 2. The van der Waals surface area contributed by atoms with Crippen molar-refractivity contribution in [3.8, 4) is 0 Å². The summed E-state index contributed by atoms with van der Waals surface area (Å²) in [5.74, 6) is 0.142. The number of nitrogens with two attached hydrogens (primary N) is 1. The minimum atomic E-state index is 0.142. The highest BCUT2D eigenvalue weighted by Crippen LogP contribution is 2.25. The molecule has 1 aromatic carbocycles. The van der Waals surface area contributed by atoms with Crippen LogP contribution in [-0.4, -0.2) is 19.0 Å². The quantitative estimate of drug-likeness (QED) is 0.767. The zero-order chi connectivity index (χ0) is 15.0. The molecule has 0 aliphatic heterocycles. The summed E-state index contributed by atoms with van der Waals surface area (Å²) < 4.78 is 0. The molecule has 0 saturated carbocycles. The Hall–Kier alpha value is -1.35. The van der Waals surface area contributed by atoms with Crippen LogP contribution in [0.2, 0.25) is 0 Å². The number of carbonyl (C=O) groups excluding carboxylic acids is 1. The van der Waals surface area contributed by atoms with Crippen LogP contribution in [0.1, 0.15) is 44.2 Å². The van der Waals surface area contributed by atoms with E-state index in [9.17, 15) is 4.79 Å². The lowest BCUT2D eigenvalue weighted by Gasteiger charge is -2.23. The van der Waals surface area contributed by atoms with Crippen molar-refractivity contribution in [2.75, 3.05) is 13.1 Å². The molecule has 0 saturated heterocycles. The summed E-state index contributed by atoms with van der Waals surface area (Å²) >= 11 is 0. The molecule has 0 heterocycles. The van der Waals surface area contributed by atoms with E-state index in [2.05, 4.69) is 38.2 Å². The van der Waals surface area contributed by atoms with Gasteiger partial charge in [-0.05, 0) is 49.3 Å². The van der Waals surface area contributed by atoms with Gasteiger partial charge in [0.2, 0.25) is 5.91 Å². The second-order valence-electron chi connectivity index (χ2n) is 6.23. The SMILES string of the molecule is Cc1ccccc1CCNC(=O)CCC(C)(C)CCN. The van der Waals surface area contributed by atoms with Gasteiger partial charge in [-0.25, -0.2) is 0 Å². The van der Waals surface area contributed by atoms with E-state index >= 15 is 0 Å². The van der Waals surface area contributed by atoms with Crippen molar-refractivity contribution in [1.82, 2.24) is 5.32 Å². The highest BCUT2D eigenvalue weighted by Gasteiger charge is 2.18. The van der Waals surface area contributed by atoms with Crippen molar-refractivity contribution in [3.63, 3.8) is 0 Å². The van der Waals surface area contributed by atoms with E-state index in [0.29, 0.717) is 19.5 Å². The fourth-order valence-corrected chi connectivity index (χ4v) is 2.28. The van der Waals surface area contributed by atoms with E-state index in [1.807, 2.05) is 12.1 Å². The number of rotatable bonds is 8. The van der Waals surface area contributed by atoms with Gasteiger partial charge in [0.05, 0.1) is 0 Å². The van der Waals surface area contributed by atoms with Crippen LogP contribution < -0.4 is 11.1 Å². The average Bonchev–Trinajstić information content (AvgIpc) is 2.39. The molecule has 0 spiro atoms. The molecule has 3 nitrogen and oxygen atoms in total. The molecule has 0 aromatic heterocycles. The number of aryl methyl sites for hydroxylation is 1. The van der Waals surface area contributed by atoms with Gasteiger partial charge >= 0.3 is 0 Å². The Kier molecular flexibility index (Phi) is 6.73. The van der Waals surface area contributed by atoms with Crippen LogP contribution >= 0.6 is 0 Å². The topological polar surface area (TPSA) is 55.1 Å². The third-order valence-corrected chi connectivity index (χ3v) is 3.83. The molecule has 3 N–H and O–H groups in total. The van der Waals surface area contributed by atoms with Gasteiger partial charge in [-0.15, -0.1) is 0 Å². The molecule has 20 heavy (non-hydrogen) atoms. The monoisotopic (exact) mass is 276 g/mol. The Bertz CT molecular complexity index is 427. The molecule has 112 valence electrons. The number of amides is 1. The van der Waals surface area contributed by atoms with E-state index < -0.39 is 0 Å². The lowest BCUT2D eigenvalue weighted by atomic mass is 9.84. The maximum absolute atomic E-state index is 11.8. The van der Waals surface area contributed by atoms with Crippen LogP contribution in [0.4, 0.5) is 0 Å². The fourth-order valence-electron chi connectivity index (χ4n) is 2.28. The maximum atomic E-state index is 11.8. The van der Waals surface area contributed by atoms with Gasteiger partial charge in [0.1, 0.15) is 0 Å². The molecule has 0 aliphatic carbocycles. The Morgan fingerprint density at radius 2 is 1.95 bits per heavy atom. The summed E-state index contributed by atoms with van der Waals surface area (Å²) in [6.07, 6.45) is 3.33. The smallest absolute Gasteiger partial charge is 0.220 e. The Balaban J connectivity index is 2.26. The van der Waals surface area contributed by atoms with Gasteiger partial charge < -0.3 is 11.1 Å². The number of carbonyl (C=O) groups is 1. The molecule has 0 bridgehead atoms. The normalized spacial score (nSPS) is 11.4. The highest BCUT2D eigenvalue weighted by atomic mass is 16.1. The first kappa shape index (κ1) is 16.7. The summed E-state index contributed by atoms with van der Waals surface area (Å²) in [6.45, 7) is 7.83. The lowest BCUT2D eigenvalue weighted by Crippen LogP contribution is -2.27. The van der Waals surface area contributed by atoms with Gasteiger partial charge in [-0.2, -0.15) is 0 Å². The Morgan fingerprint density at radius 3 is 2.60 bits per heavy atom. The van der Waals surface area contributed by atoms with Crippen LogP contribution in [-0.2, 0) is 11.2 Å². The largest absolute Gasteiger partial charge is 0.356 e. The summed E-state index contributed by atoms with van der Waals surface area (Å²) in [5.41, 5.74) is 8.32. The minimum absolute atomic E-state index is 0.142. The Labute approximate surface area is 122 Å². The predicted molar refractivity (Wildman–Crippen MR) is 84.6 cm³/mol. The van der Waals surface area contributed by atoms with Crippen LogP contribution in [0.3, 0.4) is 0 Å². The van der Waals surface area contributed by atoms with Crippen molar-refractivity contribution >= 4 is 5.91 Å². The van der Waals surface area contributed by atoms with E-state index in [1.165, 1.54) is 11.1 Å². The molecule has 1 amide bonds. The van der Waals surface area contributed by atoms with Crippen LogP contribution in [0.15, 0.2) is 24.3 Å². The van der Waals surface area contributed by atoms with Gasteiger partial charge in [0.25, 0.3) is 0 Å². The van der Waals surface area contributed by atoms with E-state index in [4.69, 9.17) is 5.73 Å². The van der Waals surface area contributed by atoms with Crippen molar-refractivity contribution in [3.05, 3.63) is 35.4 Å². The van der Waals surface area contributed by atoms with Gasteiger partial charge in [0, 0.05) is 13.0 Å². The molecule has 3 heteroatoms. The first-order valence-electron chi connectivity index (χ1n) is 7.46.